The highest BCUT2D eigenvalue weighted by atomic mass is 16.2. The van der Waals surface area contributed by atoms with E-state index in [1.807, 2.05) is 24.3 Å². The molecule has 1 aliphatic rings. The van der Waals surface area contributed by atoms with Crippen LogP contribution in [0.15, 0.2) is 36.7 Å². The van der Waals surface area contributed by atoms with Crippen molar-refractivity contribution in [3.05, 3.63) is 53.6 Å². The Morgan fingerprint density at radius 3 is 2.33 bits per heavy atom. The predicted molar refractivity (Wildman–Crippen MR) is 82.6 cm³/mol. The van der Waals surface area contributed by atoms with Crippen molar-refractivity contribution in [3.8, 4) is 0 Å². The molecule has 0 fully saturated rings. The Hall–Kier alpha value is -2.23. The normalized spacial score (nSPS) is 16.1. The van der Waals surface area contributed by atoms with Crippen LogP contribution >= 0.6 is 0 Å². The first-order valence-corrected chi connectivity index (χ1v) is 7.34. The standard InChI is InChI=1S/C17H19N3O/c1-4-17(5-2)14-12(8-6-10-18-14)16(21)20(3)13-9-7-11-19-15(13)17/h6-11H,4-5H2,1-3H3. The van der Waals surface area contributed by atoms with Crippen molar-refractivity contribution in [2.24, 2.45) is 0 Å². The van der Waals surface area contributed by atoms with Gasteiger partial charge in [-0.1, -0.05) is 13.8 Å². The van der Waals surface area contributed by atoms with E-state index >= 15 is 0 Å². The van der Waals surface area contributed by atoms with Gasteiger partial charge in [0.15, 0.2) is 0 Å². The maximum Gasteiger partial charge on any atom is 0.259 e. The second kappa shape index (κ2) is 4.95. The first-order chi connectivity index (χ1) is 10.2. The number of amides is 1. The molecule has 108 valence electrons. The summed E-state index contributed by atoms with van der Waals surface area (Å²) in [5.41, 5.74) is 3.05. The molecule has 0 saturated heterocycles. The Morgan fingerprint density at radius 2 is 1.67 bits per heavy atom. The van der Waals surface area contributed by atoms with Crippen LogP contribution in [0.25, 0.3) is 0 Å². The lowest BCUT2D eigenvalue weighted by molar-refractivity contribution is 0.0992. The van der Waals surface area contributed by atoms with Gasteiger partial charge >= 0.3 is 0 Å². The minimum Gasteiger partial charge on any atom is -0.310 e. The number of hydrogen-bond acceptors (Lipinski definition) is 3. The number of carbonyl (C=O) groups is 1. The molecule has 2 aromatic heterocycles. The van der Waals surface area contributed by atoms with Gasteiger partial charge in [0, 0.05) is 19.4 Å². The van der Waals surface area contributed by atoms with Gasteiger partial charge in [0.25, 0.3) is 5.91 Å². The minimum absolute atomic E-state index is 0.0175. The Balaban J connectivity index is 2.43. The third-order valence-electron chi connectivity index (χ3n) is 4.60. The molecule has 0 aliphatic carbocycles. The van der Waals surface area contributed by atoms with Crippen molar-refractivity contribution in [2.45, 2.75) is 32.1 Å². The van der Waals surface area contributed by atoms with Crippen molar-refractivity contribution >= 4 is 11.6 Å². The molecule has 21 heavy (non-hydrogen) atoms. The quantitative estimate of drug-likeness (QED) is 0.849. The average Bonchev–Trinajstić information content (AvgIpc) is 2.63. The summed E-state index contributed by atoms with van der Waals surface area (Å²) < 4.78 is 0. The highest BCUT2D eigenvalue weighted by Crippen LogP contribution is 2.44. The molecule has 2 aromatic rings. The predicted octanol–water partition coefficient (Wildman–Crippen LogP) is 3.17. The van der Waals surface area contributed by atoms with Crippen LogP contribution < -0.4 is 4.90 Å². The van der Waals surface area contributed by atoms with Gasteiger partial charge in [-0.05, 0) is 37.1 Å². The molecule has 0 N–H and O–H groups in total. The summed E-state index contributed by atoms with van der Waals surface area (Å²) >= 11 is 0. The second-order valence-corrected chi connectivity index (χ2v) is 5.42. The maximum absolute atomic E-state index is 12.8. The summed E-state index contributed by atoms with van der Waals surface area (Å²) in [6, 6.07) is 7.53. The Labute approximate surface area is 124 Å². The van der Waals surface area contributed by atoms with E-state index in [1.54, 1.807) is 24.3 Å². The Kier molecular flexibility index (Phi) is 3.24. The van der Waals surface area contributed by atoms with Crippen molar-refractivity contribution in [2.75, 3.05) is 11.9 Å². The van der Waals surface area contributed by atoms with Gasteiger partial charge in [-0.2, -0.15) is 0 Å². The highest BCUT2D eigenvalue weighted by Gasteiger charge is 2.42. The van der Waals surface area contributed by atoms with Crippen LogP contribution in [0.5, 0.6) is 0 Å². The Morgan fingerprint density at radius 1 is 1.05 bits per heavy atom. The van der Waals surface area contributed by atoms with Gasteiger partial charge in [-0.3, -0.25) is 14.8 Å². The van der Waals surface area contributed by atoms with E-state index in [-0.39, 0.29) is 11.3 Å². The second-order valence-electron chi connectivity index (χ2n) is 5.42. The zero-order valence-electron chi connectivity index (χ0n) is 12.6. The van der Waals surface area contributed by atoms with E-state index in [2.05, 4.69) is 23.8 Å². The molecular weight excluding hydrogens is 262 g/mol. The minimum atomic E-state index is -0.312. The van der Waals surface area contributed by atoms with Gasteiger partial charge in [-0.15, -0.1) is 0 Å². The number of aromatic nitrogens is 2. The molecular formula is C17H19N3O. The number of hydrogen-bond donors (Lipinski definition) is 0. The third kappa shape index (κ3) is 1.78. The van der Waals surface area contributed by atoms with Crippen molar-refractivity contribution in [1.82, 2.24) is 9.97 Å². The van der Waals surface area contributed by atoms with E-state index in [9.17, 15) is 4.79 Å². The molecule has 0 saturated carbocycles. The van der Waals surface area contributed by atoms with Gasteiger partial charge in [0.1, 0.15) is 0 Å². The molecule has 4 nitrogen and oxygen atoms in total. The van der Waals surface area contributed by atoms with Crippen LogP contribution in [0.2, 0.25) is 0 Å². The van der Waals surface area contributed by atoms with E-state index in [0.29, 0.717) is 5.56 Å². The van der Waals surface area contributed by atoms with Crippen LogP contribution in [0.3, 0.4) is 0 Å². The first-order valence-electron chi connectivity index (χ1n) is 7.34. The summed E-state index contributed by atoms with van der Waals surface area (Å²) in [4.78, 5) is 23.7. The molecule has 3 rings (SSSR count). The summed E-state index contributed by atoms with van der Waals surface area (Å²) in [5, 5.41) is 0. The molecule has 1 aliphatic heterocycles. The smallest absolute Gasteiger partial charge is 0.259 e. The fourth-order valence-corrected chi connectivity index (χ4v) is 3.32. The highest BCUT2D eigenvalue weighted by molar-refractivity contribution is 6.08. The molecule has 1 amide bonds. The molecule has 0 spiro atoms. The molecule has 3 heterocycles. The molecule has 4 heteroatoms. The number of anilines is 1. The van der Waals surface area contributed by atoms with Crippen LogP contribution in [0.4, 0.5) is 5.69 Å². The van der Waals surface area contributed by atoms with Crippen LogP contribution in [0.1, 0.15) is 48.4 Å². The largest absolute Gasteiger partial charge is 0.310 e. The number of rotatable bonds is 2. The van der Waals surface area contributed by atoms with Gasteiger partial charge in [0.05, 0.1) is 28.1 Å². The summed E-state index contributed by atoms with van der Waals surface area (Å²) in [6.07, 6.45) is 5.28. The molecule has 0 aromatic carbocycles. The lowest BCUT2D eigenvalue weighted by Crippen LogP contribution is -2.29. The van der Waals surface area contributed by atoms with Crippen LogP contribution in [0, 0.1) is 0 Å². The first kappa shape index (κ1) is 13.7. The average molecular weight is 281 g/mol. The number of carbonyl (C=O) groups excluding carboxylic acids is 1. The topological polar surface area (TPSA) is 46.1 Å². The fraction of sp³-hybridized carbons (Fsp3) is 0.353. The van der Waals surface area contributed by atoms with Crippen molar-refractivity contribution < 1.29 is 4.79 Å². The lowest BCUT2D eigenvalue weighted by atomic mass is 9.74. The zero-order valence-corrected chi connectivity index (χ0v) is 12.6. The van der Waals surface area contributed by atoms with E-state index < -0.39 is 0 Å². The summed E-state index contributed by atoms with van der Waals surface area (Å²) in [7, 11) is 1.81. The van der Waals surface area contributed by atoms with E-state index in [4.69, 9.17) is 0 Å². The van der Waals surface area contributed by atoms with Gasteiger partial charge < -0.3 is 4.90 Å². The SMILES string of the molecule is CCC1(CC)c2ncccc2C(=O)N(C)c2cccnc21. The van der Waals surface area contributed by atoms with E-state index in [1.165, 1.54) is 0 Å². The maximum atomic E-state index is 12.8. The zero-order chi connectivity index (χ0) is 15.0. The molecule has 0 unspecified atom stereocenters. The third-order valence-corrected chi connectivity index (χ3v) is 4.60. The molecule has 0 radical (unpaired) electrons. The van der Waals surface area contributed by atoms with Crippen LogP contribution in [-0.2, 0) is 5.41 Å². The summed E-state index contributed by atoms with van der Waals surface area (Å²) in [6.45, 7) is 4.27. The van der Waals surface area contributed by atoms with Gasteiger partial charge in [0.2, 0.25) is 0 Å². The van der Waals surface area contributed by atoms with Crippen molar-refractivity contribution in [1.29, 1.82) is 0 Å². The molecule has 0 bridgehead atoms. The van der Waals surface area contributed by atoms with E-state index in [0.717, 1.165) is 29.9 Å². The van der Waals surface area contributed by atoms with Gasteiger partial charge in [-0.25, -0.2) is 0 Å². The number of nitrogens with zero attached hydrogens (tertiary/aromatic N) is 3. The lowest BCUT2D eigenvalue weighted by Gasteiger charge is -2.31. The fourth-order valence-electron chi connectivity index (χ4n) is 3.32. The Bertz CT molecular complexity index is 692. The number of pyridine rings is 2. The molecule has 0 atom stereocenters. The monoisotopic (exact) mass is 281 g/mol. The number of fused-ring (bicyclic) bond motifs is 2. The van der Waals surface area contributed by atoms with Crippen LogP contribution in [-0.4, -0.2) is 22.9 Å². The van der Waals surface area contributed by atoms with Crippen molar-refractivity contribution in [3.63, 3.8) is 0 Å². The summed E-state index contributed by atoms with van der Waals surface area (Å²) in [5.74, 6) is -0.0175.